The van der Waals surface area contributed by atoms with Crippen LogP contribution in [0.5, 0.6) is 28.7 Å². The van der Waals surface area contributed by atoms with Crippen LogP contribution in [0.15, 0.2) is 42.9 Å². The molecule has 0 saturated heterocycles. The lowest BCUT2D eigenvalue weighted by Crippen LogP contribution is -2.04. The predicted molar refractivity (Wildman–Crippen MR) is 127 cm³/mol. The van der Waals surface area contributed by atoms with Gasteiger partial charge in [0, 0.05) is 35.5 Å². The van der Waals surface area contributed by atoms with E-state index in [1.54, 1.807) is 66.0 Å². The topological polar surface area (TPSA) is 122 Å². The molecule has 2 heterocycles. The van der Waals surface area contributed by atoms with Gasteiger partial charge < -0.3 is 34.3 Å². The molecular weight excluding hydrogens is 440 g/mol. The quantitative estimate of drug-likeness (QED) is 0.374. The molecule has 4 rings (SSSR count). The highest BCUT2D eigenvalue weighted by Crippen LogP contribution is 2.42. The molecule has 0 spiro atoms. The van der Waals surface area contributed by atoms with Crippen molar-refractivity contribution in [2.24, 2.45) is 0 Å². The first-order valence-electron chi connectivity index (χ1n) is 10.1. The summed E-state index contributed by atoms with van der Waals surface area (Å²) in [7, 11) is 7.81. The molecule has 0 atom stereocenters. The Morgan fingerprint density at radius 2 is 1.38 bits per heavy atom. The Morgan fingerprint density at radius 1 is 0.706 bits per heavy atom. The molecule has 0 aliphatic carbocycles. The maximum absolute atomic E-state index is 5.48. The van der Waals surface area contributed by atoms with Gasteiger partial charge in [0.1, 0.15) is 18.0 Å². The van der Waals surface area contributed by atoms with E-state index in [1.807, 2.05) is 6.07 Å². The molecule has 0 aliphatic heterocycles. The van der Waals surface area contributed by atoms with E-state index >= 15 is 0 Å². The second-order valence-corrected chi connectivity index (χ2v) is 6.88. The van der Waals surface area contributed by atoms with Crippen molar-refractivity contribution in [1.82, 2.24) is 19.9 Å². The number of hydrogen-bond acceptors (Lipinski definition) is 11. The van der Waals surface area contributed by atoms with Gasteiger partial charge in [0.15, 0.2) is 23.0 Å². The monoisotopic (exact) mass is 464 g/mol. The lowest BCUT2D eigenvalue weighted by molar-refractivity contribution is 0.324. The van der Waals surface area contributed by atoms with Crippen LogP contribution in [0.4, 0.5) is 23.3 Å². The zero-order valence-electron chi connectivity index (χ0n) is 19.4. The zero-order chi connectivity index (χ0) is 24.1. The van der Waals surface area contributed by atoms with E-state index in [0.717, 1.165) is 0 Å². The number of methoxy groups -OCH3 is 5. The summed E-state index contributed by atoms with van der Waals surface area (Å²) in [6.07, 6.45) is 3.06. The minimum atomic E-state index is 0.327. The highest BCUT2D eigenvalue weighted by molar-refractivity contribution is 5.94. The van der Waals surface area contributed by atoms with Crippen molar-refractivity contribution in [2.75, 3.05) is 46.2 Å². The molecule has 0 amide bonds. The van der Waals surface area contributed by atoms with Crippen molar-refractivity contribution in [2.45, 2.75) is 0 Å². The number of aromatic nitrogens is 4. The van der Waals surface area contributed by atoms with Gasteiger partial charge in [-0.25, -0.2) is 15.0 Å². The van der Waals surface area contributed by atoms with Gasteiger partial charge in [0.2, 0.25) is 11.7 Å². The van der Waals surface area contributed by atoms with E-state index in [2.05, 4.69) is 30.6 Å². The molecule has 0 unspecified atom stereocenters. The molecule has 0 aliphatic rings. The second-order valence-electron chi connectivity index (χ2n) is 6.88. The van der Waals surface area contributed by atoms with Gasteiger partial charge >= 0.3 is 0 Å². The number of ether oxygens (including phenoxy) is 5. The zero-order valence-corrected chi connectivity index (χ0v) is 19.4. The third kappa shape index (κ3) is 4.49. The Bertz CT molecular complexity index is 1280. The van der Waals surface area contributed by atoms with E-state index in [0.29, 0.717) is 62.9 Å². The van der Waals surface area contributed by atoms with Crippen LogP contribution in [-0.4, -0.2) is 55.5 Å². The average molecular weight is 464 g/mol. The van der Waals surface area contributed by atoms with Crippen LogP contribution < -0.4 is 34.3 Å². The lowest BCUT2D eigenvalue weighted by atomic mass is 10.2. The first kappa shape index (κ1) is 22.6. The molecule has 0 saturated carbocycles. The molecule has 0 radical (unpaired) electrons. The van der Waals surface area contributed by atoms with Crippen molar-refractivity contribution in [3.8, 4) is 28.7 Å². The van der Waals surface area contributed by atoms with E-state index in [1.165, 1.54) is 6.33 Å². The predicted octanol–water partition coefficient (Wildman–Crippen LogP) is 3.95. The van der Waals surface area contributed by atoms with Gasteiger partial charge in [-0.1, -0.05) is 0 Å². The molecule has 4 aromatic rings. The van der Waals surface area contributed by atoms with Crippen molar-refractivity contribution in [1.29, 1.82) is 0 Å². The number of nitrogens with one attached hydrogen (secondary N) is 2. The van der Waals surface area contributed by atoms with Crippen LogP contribution in [0.2, 0.25) is 0 Å². The van der Waals surface area contributed by atoms with Gasteiger partial charge in [-0.05, 0) is 12.1 Å². The highest BCUT2D eigenvalue weighted by atomic mass is 16.5. The molecule has 34 heavy (non-hydrogen) atoms. The fourth-order valence-corrected chi connectivity index (χ4v) is 3.38. The summed E-state index contributed by atoms with van der Waals surface area (Å²) in [4.78, 5) is 17.4. The Labute approximate surface area is 196 Å². The van der Waals surface area contributed by atoms with Crippen LogP contribution in [0.3, 0.4) is 0 Å². The van der Waals surface area contributed by atoms with Crippen molar-refractivity contribution < 1.29 is 23.7 Å². The van der Waals surface area contributed by atoms with E-state index in [9.17, 15) is 0 Å². The molecule has 0 fully saturated rings. The van der Waals surface area contributed by atoms with E-state index in [-0.39, 0.29) is 0 Å². The van der Waals surface area contributed by atoms with Gasteiger partial charge in [-0.2, -0.15) is 4.98 Å². The van der Waals surface area contributed by atoms with Crippen LogP contribution in [0, 0.1) is 0 Å². The summed E-state index contributed by atoms with van der Waals surface area (Å²) in [5.74, 6) is 3.96. The Hall–Kier alpha value is -4.54. The van der Waals surface area contributed by atoms with Crippen LogP contribution in [0.25, 0.3) is 10.9 Å². The number of benzene rings is 2. The minimum absolute atomic E-state index is 0.327. The molecule has 0 bridgehead atoms. The first-order valence-corrected chi connectivity index (χ1v) is 10.1. The van der Waals surface area contributed by atoms with Gasteiger partial charge in [-0.15, -0.1) is 0 Å². The normalized spacial score (nSPS) is 10.5. The Morgan fingerprint density at radius 3 is 1.97 bits per heavy atom. The first-order chi connectivity index (χ1) is 16.6. The number of anilines is 4. The fraction of sp³-hybridized carbons (Fsp3) is 0.217. The number of hydrogen-bond donors (Lipinski definition) is 2. The summed E-state index contributed by atoms with van der Waals surface area (Å²) in [5, 5.41) is 7.13. The number of nitrogens with zero attached hydrogens (tertiary/aromatic N) is 4. The summed E-state index contributed by atoms with van der Waals surface area (Å²) >= 11 is 0. The molecule has 2 aromatic heterocycles. The molecule has 2 N–H and O–H groups in total. The third-order valence-corrected chi connectivity index (χ3v) is 4.95. The highest BCUT2D eigenvalue weighted by Gasteiger charge is 2.17. The van der Waals surface area contributed by atoms with Crippen LogP contribution >= 0.6 is 0 Å². The van der Waals surface area contributed by atoms with Gasteiger partial charge in [0.05, 0.1) is 41.1 Å². The smallest absolute Gasteiger partial charge is 0.230 e. The Balaban J connectivity index is 1.85. The van der Waals surface area contributed by atoms with E-state index in [4.69, 9.17) is 23.7 Å². The van der Waals surface area contributed by atoms with E-state index < -0.39 is 0 Å². The molecule has 2 aromatic carbocycles. The third-order valence-electron chi connectivity index (χ3n) is 4.95. The standard InChI is InChI=1S/C23H24N6O5/c1-30-16-10-14-15(11-17(16)31-2)27-23(28-20-6-7-24-12-25-20)29-22(14)26-13-8-18(32-3)21(34-5)19(9-13)33-4/h6-12H,1-5H3,(H2,24,25,26,27,28,29). The van der Waals surface area contributed by atoms with Crippen molar-refractivity contribution >= 4 is 34.2 Å². The largest absolute Gasteiger partial charge is 0.493 e. The summed E-state index contributed by atoms with van der Waals surface area (Å²) in [6.45, 7) is 0. The minimum Gasteiger partial charge on any atom is -0.493 e. The number of fused-ring (bicyclic) bond motifs is 1. The van der Waals surface area contributed by atoms with Crippen molar-refractivity contribution in [3.63, 3.8) is 0 Å². The SMILES string of the molecule is COc1cc2nc(Nc3ccncn3)nc(Nc3cc(OC)c(OC)c(OC)c3)c2cc1OC. The summed E-state index contributed by atoms with van der Waals surface area (Å²) in [5.41, 5.74) is 1.29. The molecular formula is C23H24N6O5. The van der Waals surface area contributed by atoms with Crippen LogP contribution in [-0.2, 0) is 0 Å². The Kier molecular flexibility index (Phi) is 6.62. The second kappa shape index (κ2) is 9.94. The van der Waals surface area contributed by atoms with Gasteiger partial charge in [0.25, 0.3) is 0 Å². The molecule has 176 valence electrons. The van der Waals surface area contributed by atoms with Crippen LogP contribution in [0.1, 0.15) is 0 Å². The summed E-state index contributed by atoms with van der Waals surface area (Å²) in [6, 6.07) is 8.87. The average Bonchev–Trinajstić information content (AvgIpc) is 2.87. The lowest BCUT2D eigenvalue weighted by Gasteiger charge is -2.17. The molecule has 11 nitrogen and oxygen atoms in total. The van der Waals surface area contributed by atoms with Gasteiger partial charge in [-0.3, -0.25) is 0 Å². The van der Waals surface area contributed by atoms with Crippen molar-refractivity contribution in [3.05, 3.63) is 42.9 Å². The summed E-state index contributed by atoms with van der Waals surface area (Å²) < 4.78 is 27.3. The maximum atomic E-state index is 5.48. The molecule has 11 heteroatoms. The fourth-order valence-electron chi connectivity index (χ4n) is 3.38. The number of rotatable bonds is 9. The maximum Gasteiger partial charge on any atom is 0.230 e.